The van der Waals surface area contributed by atoms with Gasteiger partial charge >= 0.3 is 0 Å². The third-order valence-electron chi connectivity index (χ3n) is 4.22. The summed E-state index contributed by atoms with van der Waals surface area (Å²) in [5, 5.41) is 0.313. The van der Waals surface area contributed by atoms with Crippen LogP contribution in [0.3, 0.4) is 0 Å². The molecule has 0 spiro atoms. The van der Waals surface area contributed by atoms with E-state index >= 15 is 0 Å². The fourth-order valence-electron chi connectivity index (χ4n) is 2.95. The molecule has 2 aromatic rings. The van der Waals surface area contributed by atoms with Crippen LogP contribution in [-0.4, -0.2) is 44.3 Å². The van der Waals surface area contributed by atoms with E-state index in [4.69, 9.17) is 23.2 Å². The average Bonchev–Trinajstić information content (AvgIpc) is 2.57. The molecule has 136 valence electrons. The van der Waals surface area contributed by atoms with Gasteiger partial charge in [-0.3, -0.25) is 0 Å². The summed E-state index contributed by atoms with van der Waals surface area (Å²) in [7, 11) is -1.75. The second kappa shape index (κ2) is 8.25. The number of piperazine rings is 1. The number of benzene rings is 2. The quantitative estimate of drug-likeness (QED) is 0.749. The molecule has 1 aliphatic heterocycles. The van der Waals surface area contributed by atoms with Crippen LogP contribution in [0.25, 0.3) is 0 Å². The highest BCUT2D eigenvalue weighted by atomic mass is 35.5. The molecule has 0 bridgehead atoms. The van der Waals surface area contributed by atoms with Gasteiger partial charge in [-0.25, -0.2) is 8.42 Å². The molecule has 0 aromatic heterocycles. The van der Waals surface area contributed by atoms with Crippen LogP contribution >= 0.6 is 35.6 Å². The monoisotopic (exact) mass is 420 g/mol. The minimum absolute atomic E-state index is 0. The number of hydrogen-bond acceptors (Lipinski definition) is 3. The fraction of sp³-hybridized carbons (Fsp3) is 0.294. The van der Waals surface area contributed by atoms with Crippen molar-refractivity contribution in [3.63, 3.8) is 0 Å². The Labute approximate surface area is 164 Å². The van der Waals surface area contributed by atoms with E-state index < -0.39 is 10.0 Å². The maximum atomic E-state index is 13.2. The first-order chi connectivity index (χ1) is 11.4. The molecule has 0 N–H and O–H groups in total. The molecule has 0 saturated carbocycles. The molecule has 0 amide bonds. The minimum Gasteiger partial charge on any atom is -0.303 e. The fourth-order valence-corrected chi connectivity index (χ4v) is 5.28. The number of likely N-dealkylation sites (N-methyl/N-ethyl adjacent to an activating group) is 1. The minimum atomic E-state index is -3.75. The van der Waals surface area contributed by atoms with Gasteiger partial charge in [-0.2, -0.15) is 4.31 Å². The molecule has 1 saturated heterocycles. The molecule has 2 aromatic carbocycles. The van der Waals surface area contributed by atoms with Gasteiger partial charge in [-0.05, 0) is 24.7 Å². The molecular formula is C17H19Cl3N2O2S. The van der Waals surface area contributed by atoms with Crippen molar-refractivity contribution in [3.8, 4) is 0 Å². The van der Waals surface area contributed by atoms with Crippen LogP contribution in [0.15, 0.2) is 53.4 Å². The molecule has 4 nitrogen and oxygen atoms in total. The first kappa shape index (κ1) is 20.5. The maximum absolute atomic E-state index is 13.2. The topological polar surface area (TPSA) is 40.6 Å². The van der Waals surface area contributed by atoms with Gasteiger partial charge in [0.05, 0.1) is 16.1 Å². The van der Waals surface area contributed by atoms with Crippen molar-refractivity contribution < 1.29 is 8.42 Å². The summed E-state index contributed by atoms with van der Waals surface area (Å²) >= 11 is 12.2. The lowest BCUT2D eigenvalue weighted by molar-refractivity contribution is 0.161. The zero-order valence-corrected chi connectivity index (χ0v) is 16.7. The van der Waals surface area contributed by atoms with Crippen LogP contribution in [0, 0.1) is 0 Å². The van der Waals surface area contributed by atoms with Crippen molar-refractivity contribution >= 4 is 45.6 Å². The molecule has 1 aliphatic rings. The van der Waals surface area contributed by atoms with Gasteiger partial charge in [0, 0.05) is 19.6 Å². The largest absolute Gasteiger partial charge is 0.303 e. The van der Waals surface area contributed by atoms with E-state index in [-0.39, 0.29) is 33.4 Å². The normalized spacial score (nSPS) is 19.4. The van der Waals surface area contributed by atoms with Crippen LogP contribution in [0.2, 0.25) is 10.0 Å². The Morgan fingerprint density at radius 1 is 1.00 bits per heavy atom. The molecule has 1 unspecified atom stereocenters. The van der Waals surface area contributed by atoms with Gasteiger partial charge in [0.25, 0.3) is 0 Å². The Kier molecular flexibility index (Phi) is 6.76. The molecule has 0 aliphatic carbocycles. The van der Waals surface area contributed by atoms with Crippen molar-refractivity contribution in [2.75, 3.05) is 26.7 Å². The third-order valence-corrected chi connectivity index (χ3v) is 7.10. The maximum Gasteiger partial charge on any atom is 0.245 e. The van der Waals surface area contributed by atoms with Gasteiger partial charge in [0.15, 0.2) is 0 Å². The van der Waals surface area contributed by atoms with Crippen molar-refractivity contribution in [2.24, 2.45) is 0 Å². The molecular weight excluding hydrogens is 403 g/mol. The SMILES string of the molecule is CN1CCN(S(=O)(=O)c2cccc(Cl)c2Cl)C(c2ccccc2)C1.Cl. The van der Waals surface area contributed by atoms with E-state index in [0.717, 1.165) is 5.56 Å². The summed E-state index contributed by atoms with van der Waals surface area (Å²) in [6.45, 7) is 1.70. The Hall–Kier alpha value is -0.820. The van der Waals surface area contributed by atoms with Crippen LogP contribution < -0.4 is 0 Å². The van der Waals surface area contributed by atoms with Crippen LogP contribution in [0.4, 0.5) is 0 Å². The van der Waals surface area contributed by atoms with E-state index in [0.29, 0.717) is 19.6 Å². The lowest BCUT2D eigenvalue weighted by Crippen LogP contribution is -2.49. The summed E-state index contributed by atoms with van der Waals surface area (Å²) in [6, 6.07) is 14.1. The highest BCUT2D eigenvalue weighted by molar-refractivity contribution is 7.89. The van der Waals surface area contributed by atoms with E-state index in [2.05, 4.69) is 4.90 Å². The first-order valence-corrected chi connectivity index (χ1v) is 9.80. The lowest BCUT2D eigenvalue weighted by atomic mass is 10.1. The lowest BCUT2D eigenvalue weighted by Gasteiger charge is -2.39. The number of rotatable bonds is 3. The van der Waals surface area contributed by atoms with Gasteiger partial charge in [0.1, 0.15) is 4.90 Å². The van der Waals surface area contributed by atoms with Crippen LogP contribution in [0.5, 0.6) is 0 Å². The second-order valence-corrected chi connectivity index (χ2v) is 8.50. The molecule has 1 fully saturated rings. The number of nitrogens with zero attached hydrogens (tertiary/aromatic N) is 2. The van der Waals surface area contributed by atoms with Gasteiger partial charge in [-0.15, -0.1) is 12.4 Å². The first-order valence-electron chi connectivity index (χ1n) is 7.60. The average molecular weight is 422 g/mol. The summed E-state index contributed by atoms with van der Waals surface area (Å²) < 4.78 is 28.0. The van der Waals surface area contributed by atoms with Crippen molar-refractivity contribution in [2.45, 2.75) is 10.9 Å². The van der Waals surface area contributed by atoms with Crippen molar-refractivity contribution in [1.29, 1.82) is 0 Å². The van der Waals surface area contributed by atoms with Crippen LogP contribution in [0.1, 0.15) is 11.6 Å². The standard InChI is InChI=1S/C17H18Cl2N2O2S.ClH/c1-20-10-11-21(15(12-20)13-6-3-2-4-7-13)24(22,23)16-9-5-8-14(18)17(16)19;/h2-9,15H,10-12H2,1H3;1H. The summed E-state index contributed by atoms with van der Waals surface area (Å²) in [4.78, 5) is 2.19. The Bertz CT molecular complexity index is 831. The molecule has 25 heavy (non-hydrogen) atoms. The predicted molar refractivity (Wildman–Crippen MR) is 104 cm³/mol. The molecule has 1 atom stereocenters. The van der Waals surface area contributed by atoms with Gasteiger partial charge in [-0.1, -0.05) is 59.6 Å². The smallest absolute Gasteiger partial charge is 0.245 e. The molecule has 3 rings (SSSR count). The Balaban J connectivity index is 0.00000225. The van der Waals surface area contributed by atoms with Crippen LogP contribution in [-0.2, 0) is 10.0 Å². The zero-order valence-electron chi connectivity index (χ0n) is 13.6. The summed E-state index contributed by atoms with van der Waals surface area (Å²) in [6.07, 6.45) is 0. The molecule has 0 radical (unpaired) electrons. The van der Waals surface area contributed by atoms with E-state index in [1.54, 1.807) is 12.1 Å². The van der Waals surface area contributed by atoms with E-state index in [9.17, 15) is 8.42 Å². The van der Waals surface area contributed by atoms with E-state index in [1.807, 2.05) is 37.4 Å². The highest BCUT2D eigenvalue weighted by Crippen LogP contribution is 2.35. The Morgan fingerprint density at radius 3 is 2.36 bits per heavy atom. The number of sulfonamides is 1. The second-order valence-electron chi connectivity index (χ2n) is 5.86. The third kappa shape index (κ3) is 4.13. The van der Waals surface area contributed by atoms with Gasteiger partial charge < -0.3 is 4.90 Å². The summed E-state index contributed by atoms with van der Waals surface area (Å²) in [5.41, 5.74) is 0.964. The number of hydrogen-bond donors (Lipinski definition) is 0. The van der Waals surface area contributed by atoms with E-state index in [1.165, 1.54) is 10.4 Å². The Morgan fingerprint density at radius 2 is 1.68 bits per heavy atom. The zero-order chi connectivity index (χ0) is 17.3. The highest BCUT2D eigenvalue weighted by Gasteiger charge is 2.37. The predicted octanol–water partition coefficient (Wildman–Crippen LogP) is 4.09. The number of halogens is 3. The molecule has 1 heterocycles. The van der Waals surface area contributed by atoms with Crippen molar-refractivity contribution in [3.05, 3.63) is 64.1 Å². The van der Waals surface area contributed by atoms with Gasteiger partial charge in [0.2, 0.25) is 10.0 Å². The summed E-state index contributed by atoms with van der Waals surface area (Å²) in [5.74, 6) is 0. The molecule has 8 heteroatoms. The van der Waals surface area contributed by atoms with Crippen molar-refractivity contribution in [1.82, 2.24) is 9.21 Å².